The molecule has 210 valence electrons. The first-order valence-electron chi connectivity index (χ1n) is 13.0. The Hall–Kier alpha value is -4.74. The highest BCUT2D eigenvalue weighted by Gasteiger charge is 2.45. The minimum atomic E-state index is -1.42. The highest BCUT2D eigenvalue weighted by Crippen LogP contribution is 2.25. The lowest BCUT2D eigenvalue weighted by molar-refractivity contribution is -0.176. The van der Waals surface area contributed by atoms with Crippen molar-refractivity contribution in [1.29, 1.82) is 0 Å². The summed E-state index contributed by atoms with van der Waals surface area (Å²) in [6.45, 7) is -0.274. The van der Waals surface area contributed by atoms with E-state index in [0.29, 0.717) is 17.7 Å². The van der Waals surface area contributed by atoms with Crippen molar-refractivity contribution < 1.29 is 38.6 Å². The molecule has 2 aromatic carbocycles. The molecule has 1 unspecified atom stereocenters. The zero-order valence-electron chi connectivity index (χ0n) is 21.7. The molecule has 3 N–H and O–H groups in total. The number of benzene rings is 2. The van der Waals surface area contributed by atoms with Gasteiger partial charge in [0, 0.05) is 18.5 Å². The molecule has 12 heteroatoms. The molecular formula is C28H30N4O8. The van der Waals surface area contributed by atoms with Gasteiger partial charge in [-0.05, 0) is 43.5 Å². The van der Waals surface area contributed by atoms with Gasteiger partial charge in [0.15, 0.2) is 5.78 Å². The number of carboxylic acids is 1. The molecule has 0 saturated carbocycles. The maximum atomic E-state index is 13.6. The SMILES string of the molecule is O=C(O)C[C@H](NC(=O)[C@@H]1CCCN2C(=O)CCC(NC(=O)c3ccccc3)C(=O)N12)C(=O)COc1ccccc1. The maximum Gasteiger partial charge on any atom is 0.305 e. The lowest BCUT2D eigenvalue weighted by atomic mass is 10.0. The number of hydrogen-bond acceptors (Lipinski definition) is 7. The first-order valence-corrected chi connectivity index (χ1v) is 13.0. The molecule has 2 aliphatic heterocycles. The fourth-order valence-corrected chi connectivity index (χ4v) is 4.70. The van der Waals surface area contributed by atoms with Crippen LogP contribution >= 0.6 is 0 Å². The monoisotopic (exact) mass is 550 g/mol. The summed E-state index contributed by atoms with van der Waals surface area (Å²) < 4.78 is 5.43. The van der Waals surface area contributed by atoms with Crippen molar-refractivity contribution in [2.45, 2.75) is 50.2 Å². The Kier molecular flexibility index (Phi) is 9.10. The summed E-state index contributed by atoms with van der Waals surface area (Å²) in [7, 11) is 0. The van der Waals surface area contributed by atoms with Crippen molar-refractivity contribution >= 4 is 35.4 Å². The highest BCUT2D eigenvalue weighted by atomic mass is 16.5. The van der Waals surface area contributed by atoms with Crippen LogP contribution in [0.25, 0.3) is 0 Å². The van der Waals surface area contributed by atoms with E-state index in [2.05, 4.69) is 10.6 Å². The summed E-state index contributed by atoms with van der Waals surface area (Å²) in [4.78, 5) is 77.0. The molecule has 2 aliphatic rings. The van der Waals surface area contributed by atoms with Gasteiger partial charge < -0.3 is 20.5 Å². The number of Topliss-reactive ketones (excluding diaryl/α,β-unsaturated/α-hetero) is 1. The number of para-hydroxylation sites is 1. The van der Waals surface area contributed by atoms with Crippen molar-refractivity contribution in [3.05, 3.63) is 66.2 Å². The Morgan fingerprint density at radius 2 is 1.65 bits per heavy atom. The molecule has 2 saturated heterocycles. The third kappa shape index (κ3) is 6.82. The number of carboxylic acid groups (broad SMARTS) is 1. The van der Waals surface area contributed by atoms with E-state index in [1.54, 1.807) is 60.7 Å². The number of hydrazine groups is 1. The van der Waals surface area contributed by atoms with E-state index in [0.717, 1.165) is 5.01 Å². The Bertz CT molecular complexity index is 1270. The number of aliphatic carboxylic acids is 1. The number of rotatable bonds is 10. The predicted molar refractivity (Wildman–Crippen MR) is 140 cm³/mol. The van der Waals surface area contributed by atoms with E-state index >= 15 is 0 Å². The second kappa shape index (κ2) is 12.9. The second-order valence-corrected chi connectivity index (χ2v) is 9.52. The summed E-state index contributed by atoms with van der Waals surface area (Å²) >= 11 is 0. The minimum absolute atomic E-state index is 0.0206. The van der Waals surface area contributed by atoms with E-state index in [9.17, 15) is 33.9 Å². The fraction of sp³-hybridized carbons (Fsp3) is 0.357. The molecular weight excluding hydrogens is 520 g/mol. The largest absolute Gasteiger partial charge is 0.486 e. The number of carbonyl (C=O) groups is 6. The molecule has 4 amide bonds. The van der Waals surface area contributed by atoms with Crippen LogP contribution in [0.15, 0.2) is 60.7 Å². The number of fused-ring (bicyclic) bond motifs is 1. The van der Waals surface area contributed by atoms with E-state index < -0.39 is 60.6 Å². The average molecular weight is 551 g/mol. The third-order valence-electron chi connectivity index (χ3n) is 6.71. The number of ketones is 1. The van der Waals surface area contributed by atoms with E-state index in [-0.39, 0.29) is 31.7 Å². The zero-order valence-corrected chi connectivity index (χ0v) is 21.7. The summed E-state index contributed by atoms with van der Waals surface area (Å²) in [5, 5.41) is 16.7. The van der Waals surface area contributed by atoms with Crippen LogP contribution in [0.2, 0.25) is 0 Å². The highest BCUT2D eigenvalue weighted by molar-refractivity contribution is 6.00. The van der Waals surface area contributed by atoms with Crippen molar-refractivity contribution in [3.63, 3.8) is 0 Å². The van der Waals surface area contributed by atoms with E-state index in [1.807, 2.05) is 0 Å². The first-order chi connectivity index (χ1) is 19.2. The Balaban J connectivity index is 1.50. The number of hydrogen-bond donors (Lipinski definition) is 3. The van der Waals surface area contributed by atoms with Gasteiger partial charge >= 0.3 is 5.97 Å². The van der Waals surface area contributed by atoms with Crippen molar-refractivity contribution in [2.24, 2.45) is 0 Å². The molecule has 0 spiro atoms. The van der Waals surface area contributed by atoms with Crippen LogP contribution in [-0.2, 0) is 24.0 Å². The van der Waals surface area contributed by atoms with Crippen LogP contribution in [0.3, 0.4) is 0 Å². The quantitative estimate of drug-likeness (QED) is 0.393. The molecule has 0 aliphatic carbocycles. The van der Waals surface area contributed by atoms with Gasteiger partial charge in [0.1, 0.15) is 30.5 Å². The standard InChI is InChI=1S/C28H30N4O8/c33-23(17-40-19-10-5-2-6-11-19)21(16-25(35)36)30-27(38)22-12-7-15-31-24(34)14-13-20(28(39)32(22)31)29-26(37)18-8-3-1-4-9-18/h1-6,8-11,20-22H,7,12-17H2,(H,29,37)(H,30,38)(H,35,36)/t20?,21-,22-/m0/s1. The van der Waals surface area contributed by atoms with Crippen LogP contribution in [0.4, 0.5) is 0 Å². The fourth-order valence-electron chi connectivity index (χ4n) is 4.70. The van der Waals surface area contributed by atoms with Gasteiger partial charge in [-0.2, -0.15) is 0 Å². The van der Waals surface area contributed by atoms with E-state index in [4.69, 9.17) is 4.74 Å². The molecule has 40 heavy (non-hydrogen) atoms. The lowest BCUT2D eigenvalue weighted by Gasteiger charge is -2.43. The van der Waals surface area contributed by atoms with Crippen molar-refractivity contribution in [3.8, 4) is 5.75 Å². The Labute approximate surface area is 230 Å². The van der Waals surface area contributed by atoms with Gasteiger partial charge in [0.2, 0.25) is 11.8 Å². The van der Waals surface area contributed by atoms with Crippen LogP contribution in [0.1, 0.15) is 42.5 Å². The van der Waals surface area contributed by atoms with Gasteiger partial charge in [-0.15, -0.1) is 0 Å². The maximum absolute atomic E-state index is 13.6. The van der Waals surface area contributed by atoms with Gasteiger partial charge in [-0.25, -0.2) is 5.01 Å². The third-order valence-corrected chi connectivity index (χ3v) is 6.71. The molecule has 2 heterocycles. The smallest absolute Gasteiger partial charge is 0.305 e. The molecule has 4 rings (SSSR count). The topological polar surface area (TPSA) is 162 Å². The summed E-state index contributed by atoms with van der Waals surface area (Å²) in [5.41, 5.74) is 0.336. The lowest BCUT2D eigenvalue weighted by Crippen LogP contribution is -2.64. The van der Waals surface area contributed by atoms with Crippen LogP contribution < -0.4 is 15.4 Å². The van der Waals surface area contributed by atoms with Gasteiger partial charge in [-0.1, -0.05) is 36.4 Å². The first kappa shape index (κ1) is 28.3. The second-order valence-electron chi connectivity index (χ2n) is 9.52. The zero-order chi connectivity index (χ0) is 28.6. The normalized spacial score (nSPS) is 19.6. The summed E-state index contributed by atoms with van der Waals surface area (Å²) in [6, 6.07) is 13.1. The Morgan fingerprint density at radius 3 is 2.33 bits per heavy atom. The Morgan fingerprint density at radius 1 is 0.975 bits per heavy atom. The molecule has 0 bridgehead atoms. The molecule has 3 atom stereocenters. The number of nitrogens with zero attached hydrogens (tertiary/aromatic N) is 2. The van der Waals surface area contributed by atoms with E-state index in [1.165, 1.54) is 5.01 Å². The van der Waals surface area contributed by atoms with Crippen LogP contribution in [0, 0.1) is 0 Å². The number of carbonyl (C=O) groups excluding carboxylic acids is 5. The molecule has 12 nitrogen and oxygen atoms in total. The summed E-state index contributed by atoms with van der Waals surface area (Å²) in [6.07, 6.45) is -0.0813. The molecule has 2 fully saturated rings. The number of ether oxygens (including phenoxy) is 1. The predicted octanol–water partition coefficient (Wildman–Crippen LogP) is 0.921. The molecule has 2 aromatic rings. The summed E-state index contributed by atoms with van der Waals surface area (Å²) in [5.74, 6) is -3.87. The number of nitrogens with one attached hydrogen (secondary N) is 2. The van der Waals surface area contributed by atoms with Crippen molar-refractivity contribution in [2.75, 3.05) is 13.2 Å². The minimum Gasteiger partial charge on any atom is -0.486 e. The van der Waals surface area contributed by atoms with Gasteiger partial charge in [0.25, 0.3) is 11.8 Å². The molecule has 0 radical (unpaired) electrons. The van der Waals surface area contributed by atoms with Crippen molar-refractivity contribution in [1.82, 2.24) is 20.7 Å². The average Bonchev–Trinajstić information content (AvgIpc) is 3.08. The van der Waals surface area contributed by atoms with Crippen LogP contribution in [-0.4, -0.2) is 81.8 Å². The van der Waals surface area contributed by atoms with Gasteiger partial charge in [0.05, 0.1) is 6.42 Å². The van der Waals surface area contributed by atoms with Gasteiger partial charge in [-0.3, -0.25) is 33.8 Å². The number of amides is 4. The van der Waals surface area contributed by atoms with Crippen LogP contribution in [0.5, 0.6) is 5.75 Å². The molecule has 0 aromatic heterocycles.